The Morgan fingerprint density at radius 2 is 1.68 bits per heavy atom. The first-order valence-corrected chi connectivity index (χ1v) is 14.4. The number of nitrogens with zero attached hydrogens (tertiary/aromatic N) is 2. The van der Waals surface area contributed by atoms with E-state index in [2.05, 4.69) is 5.32 Å². The fourth-order valence-corrected chi connectivity index (χ4v) is 5.16. The lowest BCUT2D eigenvalue weighted by atomic mass is 10.0. The number of aryl methyl sites for hydroxylation is 1. The third kappa shape index (κ3) is 8.84. The topological polar surface area (TPSA) is 86.8 Å². The molecule has 1 N–H and O–H groups in total. The van der Waals surface area contributed by atoms with E-state index in [4.69, 9.17) is 0 Å². The number of carbonyl (C=O) groups excluding carboxylic acids is 2. The largest absolute Gasteiger partial charge is 0.350 e. The molecule has 2 aromatic carbocycles. The fourth-order valence-electron chi connectivity index (χ4n) is 4.15. The average Bonchev–Trinajstić information content (AvgIpc) is 2.78. The number of halogens is 1. The van der Waals surface area contributed by atoms with Gasteiger partial charge < -0.3 is 10.2 Å². The van der Waals surface area contributed by atoms with Crippen LogP contribution in [0.2, 0.25) is 0 Å². The van der Waals surface area contributed by atoms with Gasteiger partial charge in [-0.2, -0.15) is 0 Å². The first kappa shape index (κ1) is 30.3. The molecular formula is C28H40FN3O4S. The lowest BCUT2D eigenvalue weighted by Gasteiger charge is -2.33. The SMILES string of the molecule is CC[C@@H](C(=O)NC(C)(C)C)N(Cc1ccc(F)cc1)C(=O)CCCN(c1cccc(C)c1C)S(C)(=O)=O. The Bertz CT molecular complexity index is 1190. The van der Waals surface area contributed by atoms with Crippen LogP contribution in [-0.4, -0.2) is 49.5 Å². The van der Waals surface area contributed by atoms with E-state index in [1.165, 1.54) is 21.3 Å². The van der Waals surface area contributed by atoms with Crippen molar-refractivity contribution in [3.63, 3.8) is 0 Å². The lowest BCUT2D eigenvalue weighted by Crippen LogP contribution is -2.53. The van der Waals surface area contributed by atoms with Crippen LogP contribution in [-0.2, 0) is 26.2 Å². The van der Waals surface area contributed by atoms with Gasteiger partial charge in [-0.15, -0.1) is 0 Å². The smallest absolute Gasteiger partial charge is 0.243 e. The molecule has 0 aliphatic rings. The van der Waals surface area contributed by atoms with Gasteiger partial charge in [0.2, 0.25) is 21.8 Å². The first-order chi connectivity index (χ1) is 17.1. The van der Waals surface area contributed by atoms with Gasteiger partial charge in [-0.25, -0.2) is 12.8 Å². The van der Waals surface area contributed by atoms with Crippen molar-refractivity contribution in [2.24, 2.45) is 0 Å². The molecule has 2 rings (SSSR count). The minimum atomic E-state index is -3.57. The summed E-state index contributed by atoms with van der Waals surface area (Å²) in [5.74, 6) is -0.917. The van der Waals surface area contributed by atoms with Crippen LogP contribution in [0.25, 0.3) is 0 Å². The van der Waals surface area contributed by atoms with Crippen LogP contribution in [0.15, 0.2) is 42.5 Å². The van der Waals surface area contributed by atoms with Crippen molar-refractivity contribution in [3.05, 3.63) is 65.0 Å². The standard InChI is InChI=1S/C28H40FN3O4S/c1-8-24(27(34)30-28(4,5)6)31(19-22-14-16-23(29)17-15-22)26(33)13-10-18-32(37(7,35)36)25-12-9-11-20(2)21(25)3/h9,11-12,14-17,24H,8,10,13,18-19H2,1-7H3,(H,30,34)/t24-/m0/s1. The predicted octanol–water partition coefficient (Wildman–Crippen LogP) is 4.71. The van der Waals surface area contributed by atoms with Crippen molar-refractivity contribution < 1.29 is 22.4 Å². The van der Waals surface area contributed by atoms with Crippen molar-refractivity contribution in [2.75, 3.05) is 17.1 Å². The summed E-state index contributed by atoms with van der Waals surface area (Å²) in [4.78, 5) is 28.1. The maximum absolute atomic E-state index is 13.5. The quantitative estimate of drug-likeness (QED) is 0.453. The molecule has 9 heteroatoms. The van der Waals surface area contributed by atoms with Gasteiger partial charge in [0, 0.05) is 25.0 Å². The van der Waals surface area contributed by atoms with E-state index < -0.39 is 21.6 Å². The highest BCUT2D eigenvalue weighted by atomic mass is 32.2. The summed E-state index contributed by atoms with van der Waals surface area (Å²) in [6.45, 7) is 11.5. The molecule has 0 aliphatic carbocycles. The van der Waals surface area contributed by atoms with Gasteiger partial charge >= 0.3 is 0 Å². The predicted molar refractivity (Wildman–Crippen MR) is 146 cm³/mol. The Balaban J connectivity index is 2.27. The molecular weight excluding hydrogens is 493 g/mol. The van der Waals surface area contributed by atoms with Crippen LogP contribution >= 0.6 is 0 Å². The van der Waals surface area contributed by atoms with Crippen molar-refractivity contribution in [2.45, 2.75) is 78.9 Å². The Morgan fingerprint density at radius 3 is 2.22 bits per heavy atom. The number of carbonyl (C=O) groups is 2. The lowest BCUT2D eigenvalue weighted by molar-refractivity contribution is -0.142. The highest BCUT2D eigenvalue weighted by Gasteiger charge is 2.31. The zero-order chi connectivity index (χ0) is 28.0. The van der Waals surface area contributed by atoms with E-state index in [0.29, 0.717) is 17.7 Å². The molecule has 0 radical (unpaired) electrons. The molecule has 0 spiro atoms. The molecule has 0 aliphatic heterocycles. The van der Waals surface area contributed by atoms with E-state index in [1.54, 1.807) is 18.2 Å². The minimum absolute atomic E-state index is 0.0530. The van der Waals surface area contributed by atoms with Gasteiger partial charge in [0.05, 0.1) is 11.9 Å². The maximum Gasteiger partial charge on any atom is 0.243 e. The summed E-state index contributed by atoms with van der Waals surface area (Å²) in [6.07, 6.45) is 1.88. The van der Waals surface area contributed by atoms with Gasteiger partial charge in [-0.05, 0) is 82.3 Å². The van der Waals surface area contributed by atoms with Gasteiger partial charge in [0.1, 0.15) is 11.9 Å². The molecule has 0 fully saturated rings. The summed E-state index contributed by atoms with van der Waals surface area (Å²) in [5, 5.41) is 2.95. The molecule has 1 atom stereocenters. The van der Waals surface area contributed by atoms with Crippen LogP contribution in [0, 0.1) is 19.7 Å². The molecule has 0 saturated carbocycles. The summed E-state index contributed by atoms with van der Waals surface area (Å²) in [6, 6.07) is 10.6. The number of nitrogens with one attached hydrogen (secondary N) is 1. The van der Waals surface area contributed by atoms with E-state index in [1.807, 2.05) is 53.7 Å². The Morgan fingerprint density at radius 1 is 1.05 bits per heavy atom. The Kier molecular flexibility index (Phi) is 10.3. The number of anilines is 1. The van der Waals surface area contributed by atoms with E-state index >= 15 is 0 Å². The Hall–Kier alpha value is -2.94. The number of hydrogen-bond acceptors (Lipinski definition) is 4. The average molecular weight is 534 g/mol. The highest BCUT2D eigenvalue weighted by molar-refractivity contribution is 7.92. The number of hydrogen-bond donors (Lipinski definition) is 1. The van der Waals surface area contributed by atoms with Crippen molar-refractivity contribution in [1.29, 1.82) is 0 Å². The molecule has 0 aromatic heterocycles. The molecule has 0 bridgehead atoms. The van der Waals surface area contributed by atoms with Crippen LogP contribution in [0.3, 0.4) is 0 Å². The van der Waals surface area contributed by atoms with Crippen LogP contribution in [0.4, 0.5) is 10.1 Å². The van der Waals surface area contributed by atoms with E-state index in [-0.39, 0.29) is 43.6 Å². The van der Waals surface area contributed by atoms with Crippen molar-refractivity contribution >= 4 is 27.5 Å². The summed E-state index contributed by atoms with van der Waals surface area (Å²) in [7, 11) is -3.57. The second kappa shape index (κ2) is 12.5. The van der Waals surface area contributed by atoms with Crippen molar-refractivity contribution in [1.82, 2.24) is 10.2 Å². The molecule has 2 amide bonds. The van der Waals surface area contributed by atoms with Gasteiger partial charge in [-0.3, -0.25) is 13.9 Å². The summed E-state index contributed by atoms with van der Waals surface area (Å²) < 4.78 is 40.0. The Labute approximate surface area is 221 Å². The molecule has 0 saturated heterocycles. The molecule has 0 unspecified atom stereocenters. The third-order valence-corrected chi connectivity index (χ3v) is 7.33. The monoisotopic (exact) mass is 533 g/mol. The normalized spacial score (nSPS) is 12.6. The van der Waals surface area contributed by atoms with E-state index in [0.717, 1.165) is 17.4 Å². The second-order valence-electron chi connectivity index (χ2n) is 10.5. The van der Waals surface area contributed by atoms with Crippen LogP contribution in [0.5, 0.6) is 0 Å². The number of amides is 2. The summed E-state index contributed by atoms with van der Waals surface area (Å²) >= 11 is 0. The number of rotatable bonds is 11. The third-order valence-electron chi connectivity index (χ3n) is 6.15. The zero-order valence-corrected chi connectivity index (χ0v) is 23.8. The zero-order valence-electron chi connectivity index (χ0n) is 23.0. The molecule has 37 heavy (non-hydrogen) atoms. The first-order valence-electron chi connectivity index (χ1n) is 12.5. The fraction of sp³-hybridized carbons (Fsp3) is 0.500. The maximum atomic E-state index is 13.5. The van der Waals surface area contributed by atoms with Crippen LogP contribution in [0.1, 0.15) is 63.6 Å². The number of sulfonamides is 1. The van der Waals surface area contributed by atoms with E-state index in [9.17, 15) is 22.4 Å². The molecule has 204 valence electrons. The molecule has 7 nitrogen and oxygen atoms in total. The van der Waals surface area contributed by atoms with Gasteiger partial charge in [0.15, 0.2) is 0 Å². The molecule has 2 aromatic rings. The highest BCUT2D eigenvalue weighted by Crippen LogP contribution is 2.25. The number of benzene rings is 2. The second-order valence-corrected chi connectivity index (χ2v) is 12.4. The van der Waals surface area contributed by atoms with Crippen molar-refractivity contribution in [3.8, 4) is 0 Å². The van der Waals surface area contributed by atoms with Gasteiger partial charge in [-0.1, -0.05) is 31.2 Å². The summed E-state index contributed by atoms with van der Waals surface area (Å²) in [5.41, 5.74) is 2.65. The minimum Gasteiger partial charge on any atom is -0.350 e. The van der Waals surface area contributed by atoms with Crippen LogP contribution < -0.4 is 9.62 Å². The van der Waals surface area contributed by atoms with Gasteiger partial charge in [0.25, 0.3) is 0 Å². The molecule has 0 heterocycles.